The first kappa shape index (κ1) is 12.9. The smallest absolute Gasteiger partial charge is 0.218 e. The van der Waals surface area contributed by atoms with Gasteiger partial charge in [0.15, 0.2) is 0 Å². The first-order valence-corrected chi connectivity index (χ1v) is 7.55. The predicted octanol–water partition coefficient (Wildman–Crippen LogP) is 2.57. The Morgan fingerprint density at radius 2 is 1.85 bits per heavy atom. The van der Waals surface area contributed by atoms with Gasteiger partial charge in [0.25, 0.3) is 0 Å². The van der Waals surface area contributed by atoms with E-state index in [1.807, 2.05) is 36.4 Å². The van der Waals surface area contributed by atoms with E-state index in [2.05, 4.69) is 0 Å². The Morgan fingerprint density at radius 1 is 1.10 bits per heavy atom. The van der Waals surface area contributed by atoms with Crippen molar-refractivity contribution in [3.63, 3.8) is 0 Å². The topological polar surface area (TPSA) is 73.3 Å². The van der Waals surface area contributed by atoms with Crippen LogP contribution in [0, 0.1) is 0 Å². The fourth-order valence-electron chi connectivity index (χ4n) is 2.16. The Kier molecular flexibility index (Phi) is 3.28. The summed E-state index contributed by atoms with van der Waals surface area (Å²) in [6.07, 6.45) is 0.122. The predicted molar refractivity (Wildman–Crippen MR) is 78.8 cm³/mol. The fourth-order valence-corrected chi connectivity index (χ4v) is 3.25. The second-order valence-electron chi connectivity index (χ2n) is 4.52. The number of carbonyl (C=O) groups excluding carboxylic acids is 1. The molecule has 20 heavy (non-hydrogen) atoms. The summed E-state index contributed by atoms with van der Waals surface area (Å²) in [5.74, 6) is -0.190. The maximum atomic E-state index is 12.1. The van der Waals surface area contributed by atoms with Crippen LogP contribution in [0.4, 0.5) is 0 Å². The van der Waals surface area contributed by atoms with Gasteiger partial charge >= 0.3 is 0 Å². The number of amides is 1. The number of rotatable bonds is 4. The zero-order valence-corrected chi connectivity index (χ0v) is 11.5. The monoisotopic (exact) mass is 287 g/mol. The molecule has 1 atom stereocenters. The second kappa shape index (κ2) is 5.09. The molecule has 3 rings (SSSR count). The normalized spacial score (nSPS) is 12.8. The van der Waals surface area contributed by atoms with Crippen molar-refractivity contribution in [3.8, 4) is 0 Å². The molecule has 2 aromatic carbocycles. The van der Waals surface area contributed by atoms with Crippen molar-refractivity contribution in [3.05, 3.63) is 42.5 Å². The van der Waals surface area contributed by atoms with Gasteiger partial charge in [-0.3, -0.25) is 9.00 Å². The number of carbonyl (C=O) groups is 1. The van der Waals surface area contributed by atoms with E-state index in [0.717, 1.165) is 21.9 Å². The molecular weight excluding hydrogens is 274 g/mol. The van der Waals surface area contributed by atoms with Crippen molar-refractivity contribution in [2.24, 2.45) is 5.73 Å². The number of para-hydroxylation sites is 1. The summed E-state index contributed by atoms with van der Waals surface area (Å²) in [5, 5.41) is 1.93. The molecule has 1 heterocycles. The van der Waals surface area contributed by atoms with Gasteiger partial charge in [0.05, 0.1) is 10.8 Å². The van der Waals surface area contributed by atoms with Crippen LogP contribution >= 0.6 is 0 Å². The highest BCUT2D eigenvalue weighted by atomic mass is 32.2. The lowest BCUT2D eigenvalue weighted by Gasteiger charge is -2.00. The molecule has 0 saturated carbocycles. The lowest BCUT2D eigenvalue weighted by Crippen LogP contribution is -2.14. The highest BCUT2D eigenvalue weighted by Crippen LogP contribution is 2.29. The zero-order valence-electron chi connectivity index (χ0n) is 10.7. The number of furan rings is 1. The number of hydrogen-bond acceptors (Lipinski definition) is 3. The average molecular weight is 287 g/mol. The quantitative estimate of drug-likeness (QED) is 0.801. The number of fused-ring (bicyclic) bond motifs is 3. The summed E-state index contributed by atoms with van der Waals surface area (Å²) < 4.78 is 17.8. The van der Waals surface area contributed by atoms with Crippen LogP contribution in [-0.4, -0.2) is 15.9 Å². The van der Waals surface area contributed by atoms with Gasteiger partial charge in [0.2, 0.25) is 5.91 Å². The number of hydrogen-bond donors (Lipinski definition) is 1. The highest BCUT2D eigenvalue weighted by molar-refractivity contribution is 7.85. The lowest BCUT2D eigenvalue weighted by atomic mass is 10.1. The standard InChI is InChI=1S/C15H13NO3S/c16-15(17)7-8-20(18)10-5-6-14-12(9-10)11-3-1-2-4-13(11)19-14/h1-6,9H,7-8H2,(H2,16,17). The maximum absolute atomic E-state index is 12.1. The zero-order chi connectivity index (χ0) is 14.1. The van der Waals surface area contributed by atoms with Crippen LogP contribution in [0.15, 0.2) is 51.8 Å². The highest BCUT2D eigenvalue weighted by Gasteiger charge is 2.10. The van der Waals surface area contributed by atoms with Gasteiger partial charge in [-0.25, -0.2) is 0 Å². The van der Waals surface area contributed by atoms with Crippen molar-refractivity contribution in [1.82, 2.24) is 0 Å². The Bertz CT molecular complexity index is 822. The Labute approximate surface area is 118 Å². The molecule has 0 aliphatic heterocycles. The van der Waals surface area contributed by atoms with Crippen molar-refractivity contribution in [1.29, 1.82) is 0 Å². The van der Waals surface area contributed by atoms with E-state index in [4.69, 9.17) is 10.2 Å². The summed E-state index contributed by atoms with van der Waals surface area (Å²) in [7, 11) is -1.23. The molecule has 5 heteroatoms. The molecule has 2 N–H and O–H groups in total. The van der Waals surface area contributed by atoms with Gasteiger partial charge in [-0.2, -0.15) is 0 Å². The third-order valence-corrected chi connectivity index (χ3v) is 4.50. The van der Waals surface area contributed by atoms with Gasteiger partial charge in [-0.1, -0.05) is 18.2 Å². The largest absolute Gasteiger partial charge is 0.456 e. The summed E-state index contributed by atoms with van der Waals surface area (Å²) in [6.45, 7) is 0. The molecule has 1 amide bonds. The van der Waals surface area contributed by atoms with Crippen molar-refractivity contribution in [2.45, 2.75) is 11.3 Å². The summed E-state index contributed by atoms with van der Waals surface area (Å²) in [5.41, 5.74) is 6.65. The fraction of sp³-hybridized carbons (Fsp3) is 0.133. The average Bonchev–Trinajstić information content (AvgIpc) is 2.82. The van der Waals surface area contributed by atoms with Crippen molar-refractivity contribution >= 4 is 38.6 Å². The van der Waals surface area contributed by atoms with Crippen LogP contribution in [0.3, 0.4) is 0 Å². The first-order valence-electron chi connectivity index (χ1n) is 6.23. The third kappa shape index (κ3) is 2.32. The molecular formula is C15H13NO3S. The minimum atomic E-state index is -1.23. The molecule has 1 unspecified atom stereocenters. The molecule has 0 aliphatic rings. The van der Waals surface area contributed by atoms with Crippen LogP contribution in [-0.2, 0) is 15.6 Å². The van der Waals surface area contributed by atoms with E-state index < -0.39 is 16.7 Å². The Balaban J connectivity index is 2.03. The summed E-state index contributed by atoms with van der Waals surface area (Å²) in [6, 6.07) is 13.2. The molecule has 1 aromatic heterocycles. The minimum absolute atomic E-state index is 0.122. The molecule has 0 fully saturated rings. The van der Waals surface area contributed by atoms with Gasteiger partial charge in [0, 0.05) is 27.8 Å². The third-order valence-electron chi connectivity index (χ3n) is 3.14. The number of nitrogens with two attached hydrogens (primary N) is 1. The van der Waals surface area contributed by atoms with Crippen molar-refractivity contribution in [2.75, 3.05) is 5.75 Å². The van der Waals surface area contributed by atoms with Crippen molar-refractivity contribution < 1.29 is 13.4 Å². The van der Waals surface area contributed by atoms with Gasteiger partial charge in [-0.05, 0) is 24.3 Å². The molecule has 0 bridgehead atoms. The van der Waals surface area contributed by atoms with Gasteiger partial charge in [0.1, 0.15) is 11.2 Å². The van der Waals surface area contributed by atoms with E-state index >= 15 is 0 Å². The van der Waals surface area contributed by atoms with Crippen LogP contribution in [0.2, 0.25) is 0 Å². The van der Waals surface area contributed by atoms with Gasteiger partial charge < -0.3 is 10.2 Å². The van der Waals surface area contributed by atoms with Crippen LogP contribution < -0.4 is 5.73 Å². The minimum Gasteiger partial charge on any atom is -0.456 e. The Morgan fingerprint density at radius 3 is 2.65 bits per heavy atom. The summed E-state index contributed by atoms with van der Waals surface area (Å²) in [4.78, 5) is 11.4. The first-order chi connectivity index (χ1) is 9.65. The molecule has 0 radical (unpaired) electrons. The van der Waals surface area contributed by atoms with Gasteiger partial charge in [-0.15, -0.1) is 0 Å². The van der Waals surface area contributed by atoms with E-state index in [1.165, 1.54) is 0 Å². The van der Waals surface area contributed by atoms with E-state index in [0.29, 0.717) is 4.90 Å². The van der Waals surface area contributed by atoms with E-state index in [1.54, 1.807) is 6.07 Å². The molecule has 3 aromatic rings. The lowest BCUT2D eigenvalue weighted by molar-refractivity contribution is -0.117. The van der Waals surface area contributed by atoms with E-state index in [-0.39, 0.29) is 12.2 Å². The molecule has 0 aliphatic carbocycles. The SMILES string of the molecule is NC(=O)CCS(=O)c1ccc2oc3ccccc3c2c1. The molecule has 0 spiro atoms. The molecule has 4 nitrogen and oxygen atoms in total. The second-order valence-corrected chi connectivity index (χ2v) is 6.09. The number of primary amides is 1. The molecule has 102 valence electrons. The van der Waals surface area contributed by atoms with E-state index in [9.17, 15) is 9.00 Å². The summed E-state index contributed by atoms with van der Waals surface area (Å²) >= 11 is 0. The Hall–Kier alpha value is -2.14. The van der Waals surface area contributed by atoms with Crippen LogP contribution in [0.25, 0.3) is 21.9 Å². The van der Waals surface area contributed by atoms with Crippen LogP contribution in [0.1, 0.15) is 6.42 Å². The maximum Gasteiger partial charge on any atom is 0.218 e. The number of benzene rings is 2. The molecule has 0 saturated heterocycles. The van der Waals surface area contributed by atoms with Crippen LogP contribution in [0.5, 0.6) is 0 Å².